The van der Waals surface area contributed by atoms with Crippen LogP contribution in [0.15, 0.2) is 24.5 Å². The lowest BCUT2D eigenvalue weighted by Crippen LogP contribution is -2.13. The molecule has 0 atom stereocenters. The second-order valence-electron chi connectivity index (χ2n) is 3.84. The zero-order valence-corrected chi connectivity index (χ0v) is 10.7. The molecule has 0 saturated heterocycles. The highest BCUT2D eigenvalue weighted by atomic mass is 16.5. The van der Waals surface area contributed by atoms with Gasteiger partial charge in [-0.25, -0.2) is 0 Å². The molecule has 0 N–H and O–H groups in total. The number of carbonyl (C=O) groups is 1. The summed E-state index contributed by atoms with van der Waals surface area (Å²) >= 11 is 0. The summed E-state index contributed by atoms with van der Waals surface area (Å²) in [5, 5.41) is 4.13. The Bertz CT molecular complexity index is 554. The quantitative estimate of drug-likeness (QED) is 0.771. The molecule has 2 aromatic rings. The van der Waals surface area contributed by atoms with Crippen LogP contribution in [0.4, 0.5) is 0 Å². The van der Waals surface area contributed by atoms with Gasteiger partial charge in [-0.3, -0.25) is 14.5 Å². The van der Waals surface area contributed by atoms with E-state index in [0.717, 1.165) is 0 Å². The van der Waals surface area contributed by atoms with Crippen molar-refractivity contribution >= 4 is 5.78 Å². The van der Waals surface area contributed by atoms with E-state index in [1.165, 1.54) is 7.11 Å². The molecule has 0 aliphatic heterocycles. The Morgan fingerprint density at radius 3 is 2.89 bits per heavy atom. The number of aryl methyl sites for hydroxylation is 2. The van der Waals surface area contributed by atoms with Crippen LogP contribution in [0.25, 0.3) is 0 Å². The standard InChI is InChI=1S/C13H15N3O2/c1-4-16-12(11(18-3)8-15-16)13(17)10-6-5-7-14-9(10)2/h5-8H,4H2,1-3H3. The van der Waals surface area contributed by atoms with Gasteiger partial charge in [0.2, 0.25) is 5.78 Å². The number of nitrogens with zero attached hydrogens (tertiary/aromatic N) is 3. The summed E-state index contributed by atoms with van der Waals surface area (Å²) in [6, 6.07) is 3.51. The normalized spacial score (nSPS) is 10.4. The maximum atomic E-state index is 12.5. The number of carbonyl (C=O) groups excluding carboxylic acids is 1. The molecular weight excluding hydrogens is 230 g/mol. The second-order valence-corrected chi connectivity index (χ2v) is 3.84. The highest BCUT2D eigenvalue weighted by Gasteiger charge is 2.21. The molecule has 5 nitrogen and oxygen atoms in total. The first-order chi connectivity index (χ1) is 8.69. The Hall–Kier alpha value is -2.17. The van der Waals surface area contributed by atoms with Crippen LogP contribution >= 0.6 is 0 Å². The Kier molecular flexibility index (Phi) is 3.41. The first-order valence-electron chi connectivity index (χ1n) is 5.75. The molecule has 0 spiro atoms. The Labute approximate surface area is 105 Å². The lowest BCUT2D eigenvalue weighted by Gasteiger charge is -2.07. The van der Waals surface area contributed by atoms with E-state index in [-0.39, 0.29) is 5.78 Å². The largest absolute Gasteiger partial charge is 0.493 e. The third-order valence-electron chi connectivity index (χ3n) is 2.79. The first kappa shape index (κ1) is 12.3. The number of hydrogen-bond acceptors (Lipinski definition) is 4. The molecule has 18 heavy (non-hydrogen) atoms. The van der Waals surface area contributed by atoms with Crippen LogP contribution < -0.4 is 4.74 Å². The van der Waals surface area contributed by atoms with Crippen LogP contribution in [-0.4, -0.2) is 27.7 Å². The van der Waals surface area contributed by atoms with Crippen LogP contribution in [0, 0.1) is 6.92 Å². The average molecular weight is 245 g/mol. The Balaban J connectivity index is 2.52. The highest BCUT2D eigenvalue weighted by Crippen LogP contribution is 2.22. The summed E-state index contributed by atoms with van der Waals surface area (Å²) in [5.74, 6) is 0.377. The Morgan fingerprint density at radius 1 is 1.50 bits per heavy atom. The summed E-state index contributed by atoms with van der Waals surface area (Å²) in [6.45, 7) is 4.36. The van der Waals surface area contributed by atoms with E-state index >= 15 is 0 Å². The van der Waals surface area contributed by atoms with Gasteiger partial charge in [-0.05, 0) is 26.0 Å². The predicted octanol–water partition coefficient (Wildman–Crippen LogP) is 1.85. The van der Waals surface area contributed by atoms with Crippen LogP contribution in [0.3, 0.4) is 0 Å². The molecule has 0 amide bonds. The van der Waals surface area contributed by atoms with E-state index in [0.29, 0.717) is 29.2 Å². The summed E-state index contributed by atoms with van der Waals surface area (Å²) in [6.07, 6.45) is 3.23. The van der Waals surface area contributed by atoms with Gasteiger partial charge < -0.3 is 4.74 Å². The molecule has 0 unspecified atom stereocenters. The van der Waals surface area contributed by atoms with E-state index in [2.05, 4.69) is 10.1 Å². The van der Waals surface area contributed by atoms with Gasteiger partial charge in [0.1, 0.15) is 0 Å². The van der Waals surface area contributed by atoms with E-state index in [1.54, 1.807) is 29.2 Å². The van der Waals surface area contributed by atoms with E-state index in [9.17, 15) is 4.79 Å². The van der Waals surface area contributed by atoms with Gasteiger partial charge in [-0.15, -0.1) is 0 Å². The summed E-state index contributed by atoms with van der Waals surface area (Å²) in [4.78, 5) is 16.6. The highest BCUT2D eigenvalue weighted by molar-refractivity contribution is 6.10. The lowest BCUT2D eigenvalue weighted by atomic mass is 10.1. The molecule has 0 saturated carbocycles. The molecule has 94 valence electrons. The fourth-order valence-corrected chi connectivity index (χ4v) is 1.84. The van der Waals surface area contributed by atoms with E-state index in [1.807, 2.05) is 13.8 Å². The fourth-order valence-electron chi connectivity index (χ4n) is 1.84. The first-order valence-corrected chi connectivity index (χ1v) is 5.75. The number of ketones is 1. The third kappa shape index (κ3) is 1.99. The van der Waals surface area contributed by atoms with Crippen LogP contribution in [0.1, 0.15) is 28.7 Å². The van der Waals surface area contributed by atoms with Gasteiger partial charge in [0.05, 0.1) is 13.3 Å². The predicted molar refractivity (Wildman–Crippen MR) is 66.9 cm³/mol. The molecule has 2 aromatic heterocycles. The van der Waals surface area contributed by atoms with E-state index in [4.69, 9.17) is 4.74 Å². The minimum absolute atomic E-state index is 0.114. The molecule has 2 heterocycles. The van der Waals surface area contributed by atoms with Crippen molar-refractivity contribution in [2.75, 3.05) is 7.11 Å². The van der Waals surface area contributed by atoms with Crippen molar-refractivity contribution in [2.24, 2.45) is 0 Å². The number of methoxy groups -OCH3 is 1. The van der Waals surface area contributed by atoms with Crippen LogP contribution in [-0.2, 0) is 6.54 Å². The average Bonchev–Trinajstić information content (AvgIpc) is 2.81. The lowest BCUT2D eigenvalue weighted by molar-refractivity contribution is 0.102. The molecule has 0 radical (unpaired) electrons. The van der Waals surface area contributed by atoms with Gasteiger partial charge >= 0.3 is 0 Å². The maximum absolute atomic E-state index is 12.5. The van der Waals surface area contributed by atoms with Crippen molar-refractivity contribution < 1.29 is 9.53 Å². The molecule has 2 rings (SSSR count). The van der Waals surface area contributed by atoms with Crippen LogP contribution in [0.2, 0.25) is 0 Å². The minimum Gasteiger partial charge on any atom is -0.493 e. The van der Waals surface area contributed by atoms with Crippen molar-refractivity contribution in [1.29, 1.82) is 0 Å². The smallest absolute Gasteiger partial charge is 0.216 e. The molecular formula is C13H15N3O2. The zero-order chi connectivity index (χ0) is 13.1. The van der Waals surface area contributed by atoms with Gasteiger partial charge in [0.25, 0.3) is 0 Å². The molecule has 0 aliphatic rings. The number of pyridine rings is 1. The van der Waals surface area contributed by atoms with Crippen molar-refractivity contribution in [3.63, 3.8) is 0 Å². The number of ether oxygens (including phenoxy) is 1. The topological polar surface area (TPSA) is 57.0 Å². The third-order valence-corrected chi connectivity index (χ3v) is 2.79. The molecule has 0 fully saturated rings. The SMILES string of the molecule is CCn1ncc(OC)c1C(=O)c1cccnc1C. The van der Waals surface area contributed by atoms with Gasteiger partial charge in [-0.2, -0.15) is 5.10 Å². The summed E-state index contributed by atoms with van der Waals surface area (Å²) < 4.78 is 6.82. The second kappa shape index (κ2) is 5.00. The number of aromatic nitrogens is 3. The molecule has 5 heteroatoms. The summed E-state index contributed by atoms with van der Waals surface area (Å²) in [5.41, 5.74) is 1.75. The van der Waals surface area contributed by atoms with Crippen molar-refractivity contribution in [3.05, 3.63) is 41.5 Å². The van der Waals surface area contributed by atoms with Crippen molar-refractivity contribution in [3.8, 4) is 5.75 Å². The minimum atomic E-state index is -0.114. The van der Waals surface area contributed by atoms with Gasteiger partial charge in [0, 0.05) is 24.0 Å². The maximum Gasteiger partial charge on any atom is 0.216 e. The van der Waals surface area contributed by atoms with Crippen molar-refractivity contribution in [2.45, 2.75) is 20.4 Å². The van der Waals surface area contributed by atoms with Crippen molar-refractivity contribution in [1.82, 2.24) is 14.8 Å². The Morgan fingerprint density at radius 2 is 2.28 bits per heavy atom. The summed E-state index contributed by atoms with van der Waals surface area (Å²) in [7, 11) is 1.53. The van der Waals surface area contributed by atoms with Gasteiger partial charge in [0.15, 0.2) is 11.4 Å². The molecule has 0 aliphatic carbocycles. The van der Waals surface area contributed by atoms with Gasteiger partial charge in [-0.1, -0.05) is 0 Å². The molecule has 0 aromatic carbocycles. The number of hydrogen-bond donors (Lipinski definition) is 0. The number of rotatable bonds is 4. The zero-order valence-electron chi connectivity index (χ0n) is 10.7. The molecule has 0 bridgehead atoms. The monoisotopic (exact) mass is 245 g/mol. The van der Waals surface area contributed by atoms with Crippen LogP contribution in [0.5, 0.6) is 5.75 Å². The fraction of sp³-hybridized carbons (Fsp3) is 0.308. The van der Waals surface area contributed by atoms with E-state index < -0.39 is 0 Å².